The van der Waals surface area contributed by atoms with Crippen molar-refractivity contribution in [1.82, 2.24) is 9.97 Å². The highest BCUT2D eigenvalue weighted by Gasteiger charge is 2.05. The number of nitrogens with zero attached hydrogens (tertiary/aromatic N) is 1. The van der Waals surface area contributed by atoms with Gasteiger partial charge in [0.15, 0.2) is 0 Å². The van der Waals surface area contributed by atoms with Crippen LogP contribution in [0.3, 0.4) is 0 Å². The van der Waals surface area contributed by atoms with E-state index in [1.165, 1.54) is 5.39 Å². The van der Waals surface area contributed by atoms with Gasteiger partial charge in [0.1, 0.15) is 0 Å². The lowest BCUT2D eigenvalue weighted by Crippen LogP contribution is -1.94. The van der Waals surface area contributed by atoms with Crippen LogP contribution in [0.15, 0.2) is 58.6 Å². The molecule has 4 heteroatoms. The van der Waals surface area contributed by atoms with Gasteiger partial charge >= 0.3 is 0 Å². The molecule has 0 spiro atoms. The standard InChI is InChI=1S/C15H14N2OS/c1-10(18)13-7-6-12(9-16-13)19-15-8-11-4-2-3-5-14(11)17-15/h2-10,17-18H,1H3. The second-order valence-corrected chi connectivity index (χ2v) is 5.53. The molecule has 0 amide bonds. The lowest BCUT2D eigenvalue weighted by atomic mass is 10.2. The third-order valence-electron chi connectivity index (χ3n) is 2.92. The molecule has 0 saturated heterocycles. The maximum Gasteiger partial charge on any atom is 0.0931 e. The van der Waals surface area contributed by atoms with Crippen molar-refractivity contribution in [3.63, 3.8) is 0 Å². The van der Waals surface area contributed by atoms with Crippen LogP contribution in [-0.4, -0.2) is 15.1 Å². The molecule has 0 aliphatic carbocycles. The lowest BCUT2D eigenvalue weighted by molar-refractivity contribution is 0.194. The SMILES string of the molecule is CC(O)c1ccc(Sc2cc3ccccc3[nH]2)cn1. The van der Waals surface area contributed by atoms with Crippen LogP contribution in [0.1, 0.15) is 18.7 Å². The summed E-state index contributed by atoms with van der Waals surface area (Å²) in [6, 6.07) is 14.2. The largest absolute Gasteiger partial charge is 0.387 e. The number of fused-ring (bicyclic) bond motifs is 1. The second kappa shape index (κ2) is 5.07. The van der Waals surface area contributed by atoms with E-state index in [9.17, 15) is 5.11 Å². The maximum absolute atomic E-state index is 9.42. The maximum atomic E-state index is 9.42. The third-order valence-corrected chi connectivity index (χ3v) is 3.84. The molecule has 1 aromatic carbocycles. The smallest absolute Gasteiger partial charge is 0.0931 e. The van der Waals surface area contributed by atoms with Gasteiger partial charge in [-0.15, -0.1) is 0 Å². The van der Waals surface area contributed by atoms with Crippen LogP contribution in [0, 0.1) is 0 Å². The number of nitrogens with one attached hydrogen (secondary N) is 1. The van der Waals surface area contributed by atoms with Crippen LogP contribution >= 0.6 is 11.8 Å². The highest BCUT2D eigenvalue weighted by Crippen LogP contribution is 2.29. The number of aromatic amines is 1. The number of hydrogen-bond donors (Lipinski definition) is 2. The van der Waals surface area contributed by atoms with Crippen LogP contribution in [0.25, 0.3) is 10.9 Å². The van der Waals surface area contributed by atoms with Crippen LogP contribution in [-0.2, 0) is 0 Å². The van der Waals surface area contributed by atoms with E-state index in [0.717, 1.165) is 15.4 Å². The van der Waals surface area contributed by atoms with Crippen LogP contribution < -0.4 is 0 Å². The van der Waals surface area contributed by atoms with Crippen molar-refractivity contribution in [3.05, 3.63) is 54.4 Å². The fraction of sp³-hybridized carbons (Fsp3) is 0.133. The highest BCUT2D eigenvalue weighted by molar-refractivity contribution is 7.99. The molecular weight excluding hydrogens is 256 g/mol. The summed E-state index contributed by atoms with van der Waals surface area (Å²) in [7, 11) is 0. The van der Waals surface area contributed by atoms with Crippen molar-refractivity contribution in [2.45, 2.75) is 22.9 Å². The first-order valence-corrected chi connectivity index (χ1v) is 6.93. The average molecular weight is 270 g/mol. The van der Waals surface area contributed by atoms with Crippen LogP contribution in [0.5, 0.6) is 0 Å². The van der Waals surface area contributed by atoms with E-state index in [-0.39, 0.29) is 0 Å². The molecule has 0 aliphatic rings. The first kappa shape index (κ1) is 12.3. The van der Waals surface area contributed by atoms with Gasteiger partial charge in [0.25, 0.3) is 0 Å². The molecule has 1 unspecified atom stereocenters. The molecule has 96 valence electrons. The summed E-state index contributed by atoms with van der Waals surface area (Å²) in [4.78, 5) is 8.66. The van der Waals surface area contributed by atoms with Gasteiger partial charge in [0, 0.05) is 22.0 Å². The summed E-state index contributed by atoms with van der Waals surface area (Å²) in [5, 5.41) is 11.7. The fourth-order valence-electron chi connectivity index (χ4n) is 1.93. The van der Waals surface area contributed by atoms with E-state index in [0.29, 0.717) is 5.69 Å². The molecule has 2 aromatic heterocycles. The van der Waals surface area contributed by atoms with Crippen LogP contribution in [0.4, 0.5) is 0 Å². The van der Waals surface area contributed by atoms with Crippen LogP contribution in [0.2, 0.25) is 0 Å². The summed E-state index contributed by atoms with van der Waals surface area (Å²) in [5.74, 6) is 0. The fourth-order valence-corrected chi connectivity index (χ4v) is 2.77. The first-order chi connectivity index (χ1) is 9.22. The molecule has 2 N–H and O–H groups in total. The number of benzene rings is 1. The van der Waals surface area contributed by atoms with Gasteiger partial charge < -0.3 is 10.1 Å². The van der Waals surface area contributed by atoms with E-state index >= 15 is 0 Å². The van der Waals surface area contributed by atoms with E-state index in [2.05, 4.69) is 28.2 Å². The van der Waals surface area contributed by atoms with Crippen molar-refractivity contribution in [1.29, 1.82) is 0 Å². The van der Waals surface area contributed by atoms with E-state index in [1.54, 1.807) is 24.9 Å². The number of pyridine rings is 1. The number of rotatable bonds is 3. The summed E-state index contributed by atoms with van der Waals surface area (Å²) in [6.07, 6.45) is 1.27. The average Bonchev–Trinajstić information content (AvgIpc) is 2.81. The molecule has 0 saturated carbocycles. The van der Waals surface area contributed by atoms with Crippen molar-refractivity contribution in [2.24, 2.45) is 0 Å². The zero-order valence-electron chi connectivity index (χ0n) is 10.5. The quantitative estimate of drug-likeness (QED) is 0.761. The van der Waals surface area contributed by atoms with E-state index in [1.807, 2.05) is 24.3 Å². The van der Waals surface area contributed by atoms with Gasteiger partial charge in [-0.1, -0.05) is 30.0 Å². The molecule has 0 fully saturated rings. The van der Waals surface area contributed by atoms with Crippen molar-refractivity contribution in [3.8, 4) is 0 Å². The Morgan fingerprint density at radius 1 is 1.21 bits per heavy atom. The Balaban J connectivity index is 1.84. The molecule has 3 aromatic rings. The first-order valence-electron chi connectivity index (χ1n) is 6.12. The van der Waals surface area contributed by atoms with Crippen molar-refractivity contribution < 1.29 is 5.11 Å². The zero-order valence-corrected chi connectivity index (χ0v) is 11.3. The Kier molecular flexibility index (Phi) is 3.27. The highest BCUT2D eigenvalue weighted by atomic mass is 32.2. The van der Waals surface area contributed by atoms with Crippen molar-refractivity contribution in [2.75, 3.05) is 0 Å². The number of aliphatic hydroxyl groups is 1. The Morgan fingerprint density at radius 2 is 2.05 bits per heavy atom. The summed E-state index contributed by atoms with van der Waals surface area (Å²) >= 11 is 1.63. The van der Waals surface area contributed by atoms with E-state index in [4.69, 9.17) is 0 Å². The topological polar surface area (TPSA) is 48.9 Å². The Morgan fingerprint density at radius 3 is 2.74 bits per heavy atom. The van der Waals surface area contributed by atoms with Gasteiger partial charge in [-0.2, -0.15) is 0 Å². The van der Waals surface area contributed by atoms with E-state index < -0.39 is 6.10 Å². The number of aliphatic hydroxyl groups excluding tert-OH is 1. The van der Waals surface area contributed by atoms with Gasteiger partial charge in [-0.05, 0) is 31.2 Å². The number of aromatic nitrogens is 2. The Bertz CT molecular complexity index is 656. The molecule has 0 aliphatic heterocycles. The lowest BCUT2D eigenvalue weighted by Gasteiger charge is -2.04. The molecule has 0 bridgehead atoms. The summed E-state index contributed by atoms with van der Waals surface area (Å²) < 4.78 is 0. The molecule has 1 atom stereocenters. The zero-order chi connectivity index (χ0) is 13.2. The monoisotopic (exact) mass is 270 g/mol. The molecule has 0 radical (unpaired) electrons. The minimum absolute atomic E-state index is 0.521. The Labute approximate surface area is 115 Å². The predicted octanol–water partition coefficient (Wildman–Crippen LogP) is 3.77. The molecule has 3 rings (SSSR count). The minimum atomic E-state index is -0.521. The number of hydrogen-bond acceptors (Lipinski definition) is 3. The Hall–Kier alpha value is -1.78. The minimum Gasteiger partial charge on any atom is -0.387 e. The number of H-pyrrole nitrogens is 1. The molecule has 19 heavy (non-hydrogen) atoms. The number of para-hydroxylation sites is 1. The molecule has 3 nitrogen and oxygen atoms in total. The summed E-state index contributed by atoms with van der Waals surface area (Å²) in [5.41, 5.74) is 1.83. The van der Waals surface area contributed by atoms with Gasteiger partial charge in [0.2, 0.25) is 0 Å². The van der Waals surface area contributed by atoms with Crippen molar-refractivity contribution >= 4 is 22.7 Å². The van der Waals surface area contributed by atoms with Gasteiger partial charge in [-0.3, -0.25) is 4.98 Å². The third kappa shape index (κ3) is 2.64. The van der Waals surface area contributed by atoms with Gasteiger partial charge in [0.05, 0.1) is 16.8 Å². The molecule has 2 heterocycles. The van der Waals surface area contributed by atoms with Gasteiger partial charge in [-0.25, -0.2) is 0 Å². The summed E-state index contributed by atoms with van der Waals surface area (Å²) in [6.45, 7) is 1.72. The normalized spacial score (nSPS) is 12.7. The predicted molar refractivity (Wildman–Crippen MR) is 77.3 cm³/mol. The molecular formula is C15H14N2OS. The second-order valence-electron chi connectivity index (χ2n) is 4.42.